The fourth-order valence-corrected chi connectivity index (χ4v) is 5.05. The number of sulfone groups is 1. The smallest absolute Gasteiger partial charge is 0.259 e. The second kappa shape index (κ2) is 6.65. The number of thiocarbonyl (C=S) groups is 1. The number of amides is 1. The Hall–Kier alpha value is -2.76. The van der Waals surface area contributed by atoms with Crippen LogP contribution in [0.4, 0.5) is 17.1 Å². The van der Waals surface area contributed by atoms with Gasteiger partial charge in [0.25, 0.3) is 5.91 Å². The van der Waals surface area contributed by atoms with Crippen LogP contribution in [0.2, 0.25) is 0 Å². The Kier molecular flexibility index (Phi) is 4.48. The summed E-state index contributed by atoms with van der Waals surface area (Å²) in [6.45, 7) is 9.05. The molecule has 0 unspecified atom stereocenters. The van der Waals surface area contributed by atoms with Gasteiger partial charge in [0.1, 0.15) is 5.54 Å². The number of anilines is 2. The molecule has 1 aliphatic heterocycles. The Morgan fingerprint density at radius 3 is 2.21 bits per heavy atom. The minimum Gasteiger partial charge on any atom is -0.303 e. The van der Waals surface area contributed by atoms with E-state index in [1.807, 2.05) is 11.8 Å². The van der Waals surface area contributed by atoms with E-state index in [1.165, 1.54) is 0 Å². The average molecular weight is 426 g/mol. The lowest BCUT2D eigenvalue weighted by Crippen LogP contribution is -2.55. The second-order valence-electron chi connectivity index (χ2n) is 7.49. The Labute approximate surface area is 175 Å². The summed E-state index contributed by atoms with van der Waals surface area (Å²) in [5.41, 5.74) is 1.94. The number of carbonyl (C=O) groups excluding carboxylic acids is 1. The third kappa shape index (κ3) is 2.93. The summed E-state index contributed by atoms with van der Waals surface area (Å²) in [5.74, 6) is -0.0732. The normalized spacial score (nSPS) is 18.1. The summed E-state index contributed by atoms with van der Waals surface area (Å²) in [5, 5.41) is 0.372. The van der Waals surface area contributed by atoms with Gasteiger partial charge in [-0.1, -0.05) is 6.07 Å². The highest BCUT2D eigenvalue weighted by Gasteiger charge is 2.59. The van der Waals surface area contributed by atoms with E-state index < -0.39 is 15.4 Å². The van der Waals surface area contributed by atoms with E-state index in [-0.39, 0.29) is 10.8 Å². The molecule has 0 bridgehead atoms. The first kappa shape index (κ1) is 19.6. The molecule has 2 aliphatic rings. The molecule has 0 radical (unpaired) electrons. The quantitative estimate of drug-likeness (QED) is 0.549. The van der Waals surface area contributed by atoms with Crippen LogP contribution in [0.15, 0.2) is 47.4 Å². The number of benzene rings is 2. The van der Waals surface area contributed by atoms with Crippen LogP contribution in [0.3, 0.4) is 0 Å². The first-order valence-corrected chi connectivity index (χ1v) is 11.5. The highest BCUT2D eigenvalue weighted by atomic mass is 32.2. The lowest BCUT2D eigenvalue weighted by molar-refractivity contribution is -0.123. The van der Waals surface area contributed by atoms with Gasteiger partial charge in [0.05, 0.1) is 11.5 Å². The Morgan fingerprint density at radius 1 is 1.10 bits per heavy atom. The maximum absolute atomic E-state index is 13.4. The van der Waals surface area contributed by atoms with Crippen molar-refractivity contribution in [1.82, 2.24) is 0 Å². The van der Waals surface area contributed by atoms with Gasteiger partial charge in [0, 0.05) is 17.6 Å². The SMILES string of the molecule is [C-]#[N+]c1ccc(N2C(=O)C3(CCC3)N(c3ccc(S(C)(=O)=O)cc3)C2=S)cc1C. The molecular formula is C21H19N3O3S2. The van der Waals surface area contributed by atoms with Crippen molar-refractivity contribution in [3.05, 3.63) is 59.4 Å². The average Bonchev–Trinajstić information content (AvgIpc) is 2.88. The van der Waals surface area contributed by atoms with Crippen LogP contribution in [-0.4, -0.2) is 31.2 Å². The van der Waals surface area contributed by atoms with Crippen molar-refractivity contribution in [3.63, 3.8) is 0 Å². The monoisotopic (exact) mass is 425 g/mol. The van der Waals surface area contributed by atoms with Gasteiger partial charge in [-0.3, -0.25) is 9.69 Å². The van der Waals surface area contributed by atoms with Gasteiger partial charge < -0.3 is 4.90 Å². The van der Waals surface area contributed by atoms with Crippen LogP contribution < -0.4 is 9.80 Å². The van der Waals surface area contributed by atoms with Crippen molar-refractivity contribution in [3.8, 4) is 0 Å². The molecule has 1 heterocycles. The summed E-state index contributed by atoms with van der Waals surface area (Å²) >= 11 is 5.72. The number of nitrogens with zero attached hydrogens (tertiary/aromatic N) is 3. The highest BCUT2D eigenvalue weighted by Crippen LogP contribution is 2.48. The van der Waals surface area contributed by atoms with E-state index in [4.69, 9.17) is 18.8 Å². The molecule has 1 saturated heterocycles. The molecular weight excluding hydrogens is 406 g/mol. The van der Waals surface area contributed by atoms with Gasteiger partial charge in [-0.25, -0.2) is 13.3 Å². The molecule has 8 heteroatoms. The molecule has 1 saturated carbocycles. The molecule has 0 atom stereocenters. The summed E-state index contributed by atoms with van der Waals surface area (Å²) in [7, 11) is -3.31. The van der Waals surface area contributed by atoms with E-state index in [9.17, 15) is 13.2 Å². The van der Waals surface area contributed by atoms with Crippen molar-refractivity contribution >= 4 is 50.1 Å². The molecule has 2 aromatic rings. The third-order valence-electron chi connectivity index (χ3n) is 5.67. The second-order valence-corrected chi connectivity index (χ2v) is 9.87. The minimum atomic E-state index is -3.31. The van der Waals surface area contributed by atoms with Gasteiger partial charge in [-0.15, -0.1) is 0 Å². The fourth-order valence-electron chi connectivity index (χ4n) is 3.95. The third-order valence-corrected chi connectivity index (χ3v) is 7.17. The van der Waals surface area contributed by atoms with Crippen LogP contribution in [0.5, 0.6) is 0 Å². The maximum Gasteiger partial charge on any atom is 0.259 e. The van der Waals surface area contributed by atoms with Crippen molar-refractivity contribution in [2.75, 3.05) is 16.1 Å². The maximum atomic E-state index is 13.4. The Balaban J connectivity index is 1.78. The minimum absolute atomic E-state index is 0.0732. The predicted molar refractivity (Wildman–Crippen MR) is 116 cm³/mol. The Bertz CT molecular complexity index is 1180. The highest BCUT2D eigenvalue weighted by molar-refractivity contribution is 7.90. The van der Waals surface area contributed by atoms with Crippen LogP contribution >= 0.6 is 12.2 Å². The molecule has 0 N–H and O–H groups in total. The predicted octanol–water partition coefficient (Wildman–Crippen LogP) is 4.01. The number of carbonyl (C=O) groups is 1. The molecule has 6 nitrogen and oxygen atoms in total. The summed E-state index contributed by atoms with van der Waals surface area (Å²) < 4.78 is 23.6. The van der Waals surface area contributed by atoms with E-state index >= 15 is 0 Å². The fraction of sp³-hybridized carbons (Fsp3) is 0.286. The molecule has 1 aliphatic carbocycles. The first-order chi connectivity index (χ1) is 13.7. The summed E-state index contributed by atoms with van der Waals surface area (Å²) in [6.07, 6.45) is 3.47. The lowest BCUT2D eigenvalue weighted by atomic mass is 9.75. The van der Waals surface area contributed by atoms with E-state index in [1.54, 1.807) is 47.4 Å². The number of aryl methyl sites for hydroxylation is 1. The zero-order valence-corrected chi connectivity index (χ0v) is 17.7. The molecule has 1 spiro atoms. The summed E-state index contributed by atoms with van der Waals surface area (Å²) in [4.78, 5) is 20.5. The molecule has 0 aromatic heterocycles. The van der Waals surface area contributed by atoms with Crippen LogP contribution in [-0.2, 0) is 14.6 Å². The van der Waals surface area contributed by atoms with Gasteiger partial charge >= 0.3 is 0 Å². The first-order valence-electron chi connectivity index (χ1n) is 9.16. The zero-order chi connectivity index (χ0) is 21.0. The van der Waals surface area contributed by atoms with Crippen molar-refractivity contribution < 1.29 is 13.2 Å². The Morgan fingerprint density at radius 2 is 1.72 bits per heavy atom. The van der Waals surface area contributed by atoms with Crippen molar-refractivity contribution in [2.45, 2.75) is 36.6 Å². The van der Waals surface area contributed by atoms with E-state index in [2.05, 4.69) is 4.85 Å². The standard InChI is InChI=1S/C21H19N3O3S2/c1-14-13-16(7-10-18(14)22-2)23-19(25)21(11-4-12-21)24(20(23)28)15-5-8-17(9-6-15)29(3,26)27/h5-10,13H,4,11-12H2,1,3H3. The number of hydrogen-bond donors (Lipinski definition) is 0. The van der Waals surface area contributed by atoms with Gasteiger partial charge in [0.15, 0.2) is 20.6 Å². The van der Waals surface area contributed by atoms with Gasteiger partial charge in [-0.05, 0) is 80.4 Å². The van der Waals surface area contributed by atoms with Crippen LogP contribution in [0.1, 0.15) is 24.8 Å². The molecule has 2 aromatic carbocycles. The van der Waals surface area contributed by atoms with Gasteiger partial charge in [0.2, 0.25) is 0 Å². The lowest BCUT2D eigenvalue weighted by Gasteiger charge is -2.43. The van der Waals surface area contributed by atoms with E-state index in [0.29, 0.717) is 35.0 Å². The molecule has 148 valence electrons. The molecule has 1 amide bonds. The van der Waals surface area contributed by atoms with E-state index in [0.717, 1.165) is 18.2 Å². The number of rotatable bonds is 3. The topological polar surface area (TPSA) is 62.1 Å². The van der Waals surface area contributed by atoms with Gasteiger partial charge in [-0.2, -0.15) is 0 Å². The largest absolute Gasteiger partial charge is 0.303 e. The van der Waals surface area contributed by atoms with Crippen LogP contribution in [0.25, 0.3) is 4.85 Å². The van der Waals surface area contributed by atoms with Crippen molar-refractivity contribution in [2.24, 2.45) is 0 Å². The number of hydrogen-bond acceptors (Lipinski definition) is 4. The molecule has 4 rings (SSSR count). The zero-order valence-electron chi connectivity index (χ0n) is 16.0. The molecule has 29 heavy (non-hydrogen) atoms. The molecule has 2 fully saturated rings. The summed E-state index contributed by atoms with van der Waals surface area (Å²) in [6, 6.07) is 11.7. The van der Waals surface area contributed by atoms with Crippen LogP contribution in [0, 0.1) is 13.5 Å². The van der Waals surface area contributed by atoms with Crippen molar-refractivity contribution in [1.29, 1.82) is 0 Å².